The molecule has 3 rings (SSSR count). The van der Waals surface area contributed by atoms with E-state index in [-0.39, 0.29) is 6.04 Å². The maximum absolute atomic E-state index is 7.68. The molecular formula is C19H23N5O2. The fraction of sp³-hybridized carbons (Fsp3) is 0.316. The molecule has 136 valence electrons. The lowest BCUT2D eigenvalue weighted by molar-refractivity contribution is 0.192. The maximum atomic E-state index is 7.68. The van der Waals surface area contributed by atoms with Crippen LogP contribution in [-0.2, 0) is 4.74 Å². The average molecular weight is 353 g/mol. The van der Waals surface area contributed by atoms with Gasteiger partial charge in [-0.1, -0.05) is 0 Å². The van der Waals surface area contributed by atoms with Gasteiger partial charge in [0.25, 0.3) is 0 Å². The molecule has 0 bridgehead atoms. The number of rotatable bonds is 7. The van der Waals surface area contributed by atoms with Crippen LogP contribution in [0.3, 0.4) is 0 Å². The molecule has 7 heteroatoms. The minimum atomic E-state index is 0.281. The Hall–Kier alpha value is -2.93. The molecule has 0 aromatic carbocycles. The van der Waals surface area contributed by atoms with E-state index in [2.05, 4.69) is 20.6 Å². The molecule has 0 saturated carbocycles. The van der Waals surface area contributed by atoms with Gasteiger partial charge in [-0.25, -0.2) is 4.98 Å². The number of nitrogens with one attached hydrogen (secondary N) is 3. The Balaban J connectivity index is 1.76. The molecule has 1 aliphatic heterocycles. The molecule has 3 heterocycles. The lowest BCUT2D eigenvalue weighted by Crippen LogP contribution is -2.24. The first-order chi connectivity index (χ1) is 12.7. The number of hydrogen-bond acceptors (Lipinski definition) is 7. The molecule has 1 fully saturated rings. The summed E-state index contributed by atoms with van der Waals surface area (Å²) in [5.74, 6) is 2.12. The van der Waals surface area contributed by atoms with Gasteiger partial charge >= 0.3 is 0 Å². The van der Waals surface area contributed by atoms with Crippen LogP contribution in [-0.4, -0.2) is 42.5 Å². The Morgan fingerprint density at radius 2 is 2.27 bits per heavy atom. The van der Waals surface area contributed by atoms with Crippen molar-refractivity contribution in [1.29, 1.82) is 5.41 Å². The Kier molecular flexibility index (Phi) is 5.80. The van der Waals surface area contributed by atoms with Crippen LogP contribution >= 0.6 is 0 Å². The van der Waals surface area contributed by atoms with Crippen molar-refractivity contribution in [3.05, 3.63) is 48.1 Å². The van der Waals surface area contributed by atoms with Crippen LogP contribution in [0, 0.1) is 12.3 Å². The number of aromatic nitrogens is 2. The number of pyridine rings is 2. The summed E-state index contributed by atoms with van der Waals surface area (Å²) in [4.78, 5) is 8.76. The average Bonchev–Trinajstić information content (AvgIpc) is 3.18. The third kappa shape index (κ3) is 4.37. The largest absolute Gasteiger partial charge is 0.455 e. The van der Waals surface area contributed by atoms with Crippen LogP contribution in [0.25, 0.3) is 5.57 Å². The number of hydrogen-bond donors (Lipinski definition) is 3. The third-order valence-electron chi connectivity index (χ3n) is 4.11. The van der Waals surface area contributed by atoms with Crippen molar-refractivity contribution in [2.24, 2.45) is 0 Å². The molecule has 1 atom stereocenters. The monoisotopic (exact) mass is 353 g/mol. The van der Waals surface area contributed by atoms with Crippen molar-refractivity contribution >= 4 is 17.6 Å². The van der Waals surface area contributed by atoms with E-state index in [1.54, 1.807) is 12.3 Å². The highest BCUT2D eigenvalue weighted by Crippen LogP contribution is 2.26. The Bertz CT molecular complexity index is 800. The van der Waals surface area contributed by atoms with E-state index >= 15 is 0 Å². The van der Waals surface area contributed by atoms with E-state index in [1.807, 2.05) is 38.4 Å². The van der Waals surface area contributed by atoms with Crippen molar-refractivity contribution in [3.63, 3.8) is 0 Å². The number of anilines is 1. The summed E-state index contributed by atoms with van der Waals surface area (Å²) in [5, 5.41) is 14.0. The maximum Gasteiger partial charge on any atom is 0.148 e. The lowest BCUT2D eigenvalue weighted by Gasteiger charge is -2.11. The number of nitrogens with zero attached hydrogens (tertiary/aromatic N) is 2. The van der Waals surface area contributed by atoms with Crippen LogP contribution < -0.4 is 15.4 Å². The Morgan fingerprint density at radius 1 is 1.38 bits per heavy atom. The van der Waals surface area contributed by atoms with Crippen molar-refractivity contribution < 1.29 is 9.47 Å². The summed E-state index contributed by atoms with van der Waals surface area (Å²) >= 11 is 0. The highest BCUT2D eigenvalue weighted by atomic mass is 16.5. The molecule has 26 heavy (non-hydrogen) atoms. The second-order valence-electron chi connectivity index (χ2n) is 5.98. The summed E-state index contributed by atoms with van der Waals surface area (Å²) in [7, 11) is 1.83. The van der Waals surface area contributed by atoms with Crippen LogP contribution in [0.2, 0.25) is 0 Å². The van der Waals surface area contributed by atoms with Gasteiger partial charge in [0.1, 0.15) is 17.3 Å². The summed E-state index contributed by atoms with van der Waals surface area (Å²) in [5.41, 5.74) is 2.14. The van der Waals surface area contributed by atoms with E-state index < -0.39 is 0 Å². The zero-order valence-electron chi connectivity index (χ0n) is 15.0. The molecule has 3 N–H and O–H groups in total. The van der Waals surface area contributed by atoms with Crippen LogP contribution in [0.5, 0.6) is 11.5 Å². The molecule has 0 aliphatic carbocycles. The molecule has 2 aromatic heterocycles. The Morgan fingerprint density at radius 3 is 2.96 bits per heavy atom. The van der Waals surface area contributed by atoms with Gasteiger partial charge in [-0.15, -0.1) is 0 Å². The van der Waals surface area contributed by atoms with E-state index in [9.17, 15) is 0 Å². The predicted octanol–water partition coefficient (Wildman–Crippen LogP) is 2.99. The van der Waals surface area contributed by atoms with Gasteiger partial charge in [-0.05, 0) is 31.5 Å². The molecule has 0 radical (unpaired) electrons. The highest BCUT2D eigenvalue weighted by Gasteiger charge is 2.14. The molecule has 0 unspecified atom stereocenters. The lowest BCUT2D eigenvalue weighted by atomic mass is 10.2. The fourth-order valence-electron chi connectivity index (χ4n) is 2.62. The normalized spacial score (nSPS) is 17.0. The van der Waals surface area contributed by atoms with Crippen molar-refractivity contribution in [1.82, 2.24) is 15.3 Å². The van der Waals surface area contributed by atoms with Crippen molar-refractivity contribution in [2.75, 3.05) is 25.6 Å². The standard InChI is InChI=1S/C19H23N5O2/c1-13-18(3-4-19(21-2)24-13)26-16-5-7-22-17(9-16)14(10-20)11-23-15-6-8-25-12-15/h3-5,7,9-11,15,20,23H,6,8,12H2,1-2H3,(H,21,24)/b14-11+,20-10?/t15-/m0/s1. The van der Waals surface area contributed by atoms with Crippen molar-refractivity contribution in [3.8, 4) is 11.5 Å². The van der Waals surface area contributed by atoms with E-state index in [1.165, 1.54) is 6.21 Å². The molecule has 1 aliphatic rings. The van der Waals surface area contributed by atoms with Crippen LogP contribution in [0.1, 0.15) is 17.8 Å². The van der Waals surface area contributed by atoms with Crippen LogP contribution in [0.4, 0.5) is 5.82 Å². The predicted molar refractivity (Wildman–Crippen MR) is 102 cm³/mol. The summed E-state index contributed by atoms with van der Waals surface area (Å²) < 4.78 is 11.3. The van der Waals surface area contributed by atoms with Gasteiger partial charge in [0, 0.05) is 43.9 Å². The number of allylic oxidation sites excluding steroid dienone is 1. The molecule has 1 saturated heterocycles. The first-order valence-corrected chi connectivity index (χ1v) is 8.53. The fourth-order valence-corrected chi connectivity index (χ4v) is 2.62. The summed E-state index contributed by atoms with van der Waals surface area (Å²) in [6.07, 6.45) is 5.73. The van der Waals surface area contributed by atoms with E-state index in [0.29, 0.717) is 29.4 Å². The minimum Gasteiger partial charge on any atom is -0.455 e. The topological polar surface area (TPSA) is 92.2 Å². The van der Waals surface area contributed by atoms with Gasteiger partial charge in [0.15, 0.2) is 0 Å². The molecular weight excluding hydrogens is 330 g/mol. The van der Waals surface area contributed by atoms with E-state index in [4.69, 9.17) is 14.9 Å². The highest BCUT2D eigenvalue weighted by molar-refractivity contribution is 6.07. The Labute approximate surface area is 153 Å². The number of ether oxygens (including phenoxy) is 2. The number of aryl methyl sites for hydroxylation is 1. The third-order valence-corrected chi connectivity index (χ3v) is 4.11. The van der Waals surface area contributed by atoms with E-state index in [0.717, 1.165) is 24.5 Å². The van der Waals surface area contributed by atoms with Gasteiger partial charge in [-0.3, -0.25) is 4.98 Å². The van der Waals surface area contributed by atoms with Gasteiger partial charge in [0.2, 0.25) is 0 Å². The smallest absolute Gasteiger partial charge is 0.148 e. The molecule has 0 spiro atoms. The minimum absolute atomic E-state index is 0.281. The summed E-state index contributed by atoms with van der Waals surface area (Å²) in [6.45, 7) is 3.36. The SMILES string of the molecule is CNc1ccc(Oc2ccnc(/C(C=N)=C/N[C@H]3CCOC3)c2)c(C)n1. The first-order valence-electron chi connectivity index (χ1n) is 8.53. The van der Waals surface area contributed by atoms with Crippen molar-refractivity contribution in [2.45, 2.75) is 19.4 Å². The van der Waals surface area contributed by atoms with Gasteiger partial charge in [0.05, 0.1) is 24.0 Å². The summed E-state index contributed by atoms with van der Waals surface area (Å²) in [6, 6.07) is 7.62. The zero-order valence-corrected chi connectivity index (χ0v) is 15.0. The molecule has 0 amide bonds. The zero-order chi connectivity index (χ0) is 18.4. The van der Waals surface area contributed by atoms with Crippen LogP contribution in [0.15, 0.2) is 36.7 Å². The molecule has 7 nitrogen and oxygen atoms in total. The molecule has 2 aromatic rings. The second-order valence-corrected chi connectivity index (χ2v) is 5.98. The quantitative estimate of drug-likeness (QED) is 0.663. The first kappa shape index (κ1) is 17.9. The van der Waals surface area contributed by atoms with Gasteiger partial charge in [-0.2, -0.15) is 0 Å². The second kappa shape index (κ2) is 8.44. The van der Waals surface area contributed by atoms with Gasteiger partial charge < -0.3 is 25.5 Å².